The van der Waals surface area contributed by atoms with Gasteiger partial charge < -0.3 is 9.47 Å². The highest BCUT2D eigenvalue weighted by atomic mass is 35.5. The van der Waals surface area contributed by atoms with Crippen LogP contribution in [0.5, 0.6) is 11.5 Å². The highest BCUT2D eigenvalue weighted by Gasteiger charge is 2.10. The second-order valence-corrected chi connectivity index (χ2v) is 6.66. The van der Waals surface area contributed by atoms with E-state index in [1.54, 1.807) is 18.3 Å². The molecule has 0 bridgehead atoms. The zero-order chi connectivity index (χ0) is 17.4. The van der Waals surface area contributed by atoms with Crippen molar-refractivity contribution < 1.29 is 9.47 Å². The van der Waals surface area contributed by atoms with Gasteiger partial charge in [-0.2, -0.15) is 0 Å². The zero-order valence-electron chi connectivity index (χ0n) is 12.6. The van der Waals surface area contributed by atoms with Crippen LogP contribution in [0.2, 0.25) is 10.0 Å². The third-order valence-corrected chi connectivity index (χ3v) is 3.91. The van der Waals surface area contributed by atoms with Crippen LogP contribution in [0, 0.1) is 0 Å². The van der Waals surface area contributed by atoms with E-state index >= 15 is 0 Å². The van der Waals surface area contributed by atoms with E-state index in [1.165, 1.54) is 6.08 Å². The molecule has 0 saturated heterocycles. The Balaban J connectivity index is 1.87. The first-order valence-electron chi connectivity index (χ1n) is 7.21. The first-order chi connectivity index (χ1) is 11.6. The Bertz CT molecular complexity index is 665. The third kappa shape index (κ3) is 6.40. The fourth-order valence-corrected chi connectivity index (χ4v) is 2.66. The van der Waals surface area contributed by atoms with Crippen LogP contribution in [0.25, 0.3) is 0 Å². The number of aromatic nitrogens is 1. The van der Waals surface area contributed by atoms with Gasteiger partial charge in [0.25, 0.3) is 0 Å². The molecule has 1 heterocycles. The lowest BCUT2D eigenvalue weighted by atomic mass is 10.2. The summed E-state index contributed by atoms with van der Waals surface area (Å²) < 4.78 is 11.3. The second kappa shape index (κ2) is 10.00. The molecule has 0 unspecified atom stereocenters. The van der Waals surface area contributed by atoms with Gasteiger partial charge in [0.2, 0.25) is 0 Å². The van der Waals surface area contributed by atoms with Crippen LogP contribution in [0.1, 0.15) is 12.0 Å². The molecule has 1 aromatic carbocycles. The van der Waals surface area contributed by atoms with Crippen molar-refractivity contribution in [3.8, 4) is 11.5 Å². The number of nitrogens with zero attached hydrogens (tertiary/aromatic N) is 1. The van der Waals surface area contributed by atoms with Crippen molar-refractivity contribution in [3.05, 3.63) is 62.8 Å². The standard InChI is InChI=1S/C17H15Cl4NO2/c18-14-9-13(23-8-5-16(20)21)10-15(19)17(14)24-7-2-4-12-3-1-6-22-11-12/h1,3,5-6,9-11H,2,4,7-8H2. The number of ether oxygens (including phenoxy) is 2. The predicted molar refractivity (Wildman–Crippen MR) is 99.8 cm³/mol. The number of rotatable bonds is 8. The molecule has 0 aliphatic heterocycles. The molecular weight excluding hydrogens is 392 g/mol. The average molecular weight is 407 g/mol. The quantitative estimate of drug-likeness (QED) is 0.496. The molecule has 0 spiro atoms. The van der Waals surface area contributed by atoms with Crippen molar-refractivity contribution in [1.29, 1.82) is 0 Å². The van der Waals surface area contributed by atoms with E-state index in [-0.39, 0.29) is 11.1 Å². The van der Waals surface area contributed by atoms with Gasteiger partial charge in [0.15, 0.2) is 5.75 Å². The average Bonchev–Trinajstić information content (AvgIpc) is 2.54. The summed E-state index contributed by atoms with van der Waals surface area (Å²) >= 11 is 23.4. The monoisotopic (exact) mass is 405 g/mol. The third-order valence-electron chi connectivity index (χ3n) is 3.04. The zero-order valence-corrected chi connectivity index (χ0v) is 15.7. The molecule has 0 saturated carbocycles. The molecule has 0 atom stereocenters. The van der Waals surface area contributed by atoms with Gasteiger partial charge in [-0.15, -0.1) is 0 Å². The molecule has 3 nitrogen and oxygen atoms in total. The van der Waals surface area contributed by atoms with E-state index in [4.69, 9.17) is 55.9 Å². The molecule has 2 aromatic rings. The Morgan fingerprint density at radius 2 is 1.88 bits per heavy atom. The number of pyridine rings is 1. The van der Waals surface area contributed by atoms with Crippen LogP contribution in [0.15, 0.2) is 47.2 Å². The van der Waals surface area contributed by atoms with Gasteiger partial charge in [0.05, 0.1) is 16.7 Å². The molecule has 0 radical (unpaired) electrons. The van der Waals surface area contributed by atoms with E-state index in [0.29, 0.717) is 28.2 Å². The number of benzene rings is 1. The van der Waals surface area contributed by atoms with Crippen LogP contribution in [0.4, 0.5) is 0 Å². The van der Waals surface area contributed by atoms with Crippen molar-refractivity contribution in [2.24, 2.45) is 0 Å². The highest BCUT2D eigenvalue weighted by Crippen LogP contribution is 2.37. The summed E-state index contributed by atoms with van der Waals surface area (Å²) in [6.45, 7) is 0.722. The summed E-state index contributed by atoms with van der Waals surface area (Å²) in [5.41, 5.74) is 1.16. The first-order valence-corrected chi connectivity index (χ1v) is 8.72. The molecular formula is C17H15Cl4NO2. The second-order valence-electron chi connectivity index (χ2n) is 4.83. The Morgan fingerprint density at radius 1 is 1.12 bits per heavy atom. The van der Waals surface area contributed by atoms with Gasteiger partial charge >= 0.3 is 0 Å². The van der Waals surface area contributed by atoms with Crippen LogP contribution in [0.3, 0.4) is 0 Å². The fraction of sp³-hybridized carbons (Fsp3) is 0.235. The maximum absolute atomic E-state index is 6.21. The SMILES string of the molecule is ClC(Cl)=CCOc1cc(Cl)c(OCCCc2cccnc2)c(Cl)c1. The Hall–Kier alpha value is -1.13. The van der Waals surface area contributed by atoms with Crippen LogP contribution in [-0.4, -0.2) is 18.2 Å². The van der Waals surface area contributed by atoms with E-state index in [0.717, 1.165) is 18.4 Å². The summed E-state index contributed by atoms with van der Waals surface area (Å²) in [5, 5.41) is 0.777. The van der Waals surface area contributed by atoms with Crippen molar-refractivity contribution in [2.75, 3.05) is 13.2 Å². The Kier molecular flexibility index (Phi) is 8.00. The van der Waals surface area contributed by atoms with Gasteiger partial charge in [0.1, 0.15) is 16.8 Å². The van der Waals surface area contributed by atoms with Gasteiger partial charge in [-0.3, -0.25) is 4.98 Å². The highest BCUT2D eigenvalue weighted by molar-refractivity contribution is 6.55. The van der Waals surface area contributed by atoms with Gasteiger partial charge in [-0.1, -0.05) is 52.5 Å². The minimum absolute atomic E-state index is 0.140. The molecule has 7 heteroatoms. The molecule has 0 N–H and O–H groups in total. The van der Waals surface area contributed by atoms with Gasteiger partial charge in [0, 0.05) is 24.5 Å². The molecule has 1 aromatic heterocycles. The lowest BCUT2D eigenvalue weighted by Crippen LogP contribution is -2.01. The summed E-state index contributed by atoms with van der Waals surface area (Å²) in [5.74, 6) is 0.960. The number of hydrogen-bond acceptors (Lipinski definition) is 3. The van der Waals surface area contributed by atoms with Crippen LogP contribution >= 0.6 is 46.4 Å². The summed E-state index contributed by atoms with van der Waals surface area (Å²) in [6, 6.07) is 7.22. The molecule has 0 aliphatic rings. The maximum Gasteiger partial charge on any atom is 0.156 e. The van der Waals surface area contributed by atoms with Crippen molar-refractivity contribution >= 4 is 46.4 Å². The Labute approximate surface area is 161 Å². The number of hydrogen-bond donors (Lipinski definition) is 0. The summed E-state index contributed by atoms with van der Waals surface area (Å²) in [6.07, 6.45) is 6.81. The van der Waals surface area contributed by atoms with Crippen LogP contribution in [-0.2, 0) is 6.42 Å². The summed E-state index contributed by atoms with van der Waals surface area (Å²) in [4.78, 5) is 4.08. The first kappa shape index (κ1) is 19.2. The minimum atomic E-state index is 0.140. The predicted octanol–water partition coefficient (Wildman–Crippen LogP) is 6.10. The van der Waals surface area contributed by atoms with Crippen molar-refractivity contribution in [3.63, 3.8) is 0 Å². The van der Waals surface area contributed by atoms with E-state index < -0.39 is 0 Å². The topological polar surface area (TPSA) is 31.4 Å². The van der Waals surface area contributed by atoms with Gasteiger partial charge in [-0.05, 0) is 30.5 Å². The maximum atomic E-state index is 6.21. The van der Waals surface area contributed by atoms with E-state index in [9.17, 15) is 0 Å². The molecule has 0 fully saturated rings. The fourth-order valence-electron chi connectivity index (χ4n) is 1.96. The smallest absolute Gasteiger partial charge is 0.156 e. The molecule has 0 amide bonds. The van der Waals surface area contributed by atoms with Crippen molar-refractivity contribution in [1.82, 2.24) is 4.98 Å². The largest absolute Gasteiger partial charge is 0.490 e. The van der Waals surface area contributed by atoms with Crippen molar-refractivity contribution in [2.45, 2.75) is 12.8 Å². The van der Waals surface area contributed by atoms with Gasteiger partial charge in [-0.25, -0.2) is 0 Å². The lowest BCUT2D eigenvalue weighted by molar-refractivity contribution is 0.310. The minimum Gasteiger partial charge on any atom is -0.490 e. The van der Waals surface area contributed by atoms with E-state index in [2.05, 4.69) is 4.98 Å². The Morgan fingerprint density at radius 3 is 2.50 bits per heavy atom. The lowest BCUT2D eigenvalue weighted by Gasteiger charge is -2.12. The number of halogens is 4. The number of aryl methyl sites for hydroxylation is 1. The molecule has 2 rings (SSSR count). The normalized spacial score (nSPS) is 10.3. The molecule has 0 aliphatic carbocycles. The van der Waals surface area contributed by atoms with Crippen LogP contribution < -0.4 is 9.47 Å². The molecule has 24 heavy (non-hydrogen) atoms. The summed E-state index contributed by atoms with van der Waals surface area (Å²) in [7, 11) is 0. The molecule has 128 valence electrons. The van der Waals surface area contributed by atoms with E-state index in [1.807, 2.05) is 18.3 Å².